The summed E-state index contributed by atoms with van der Waals surface area (Å²) in [5.74, 6) is 1.63. The molecule has 1 N–H and O–H groups in total. The number of hydrogen-bond donors (Lipinski definition) is 1. The van der Waals surface area contributed by atoms with E-state index in [4.69, 9.17) is 4.74 Å². The third-order valence-electron chi connectivity index (χ3n) is 5.88. The molecule has 6 nitrogen and oxygen atoms in total. The van der Waals surface area contributed by atoms with E-state index in [1.54, 1.807) is 0 Å². The first-order valence-electron chi connectivity index (χ1n) is 10.6. The van der Waals surface area contributed by atoms with E-state index >= 15 is 0 Å². The Labute approximate surface area is 168 Å². The first-order chi connectivity index (χ1) is 13.6. The molecule has 2 fully saturated rings. The van der Waals surface area contributed by atoms with Gasteiger partial charge in [0, 0.05) is 32.6 Å². The normalized spacial score (nSPS) is 20.9. The molecule has 0 saturated carbocycles. The third kappa shape index (κ3) is 5.25. The Morgan fingerprint density at radius 2 is 1.89 bits per heavy atom. The Kier molecular flexibility index (Phi) is 7.31. The van der Waals surface area contributed by atoms with Crippen LogP contribution in [0, 0.1) is 5.92 Å². The minimum atomic E-state index is -0.523. The highest BCUT2D eigenvalue weighted by Crippen LogP contribution is 2.21. The maximum atomic E-state index is 12.8. The zero-order chi connectivity index (χ0) is 19.9. The largest absolute Gasteiger partial charge is 0.481 e. The van der Waals surface area contributed by atoms with Crippen LogP contribution in [0.3, 0.4) is 0 Å². The van der Waals surface area contributed by atoms with Crippen molar-refractivity contribution in [2.45, 2.75) is 45.6 Å². The molecule has 1 aromatic rings. The Morgan fingerprint density at radius 3 is 2.57 bits per heavy atom. The van der Waals surface area contributed by atoms with Crippen LogP contribution in [-0.4, -0.2) is 67.0 Å². The molecule has 2 aliphatic heterocycles. The van der Waals surface area contributed by atoms with Gasteiger partial charge >= 0.3 is 0 Å². The summed E-state index contributed by atoms with van der Waals surface area (Å²) in [4.78, 5) is 29.0. The van der Waals surface area contributed by atoms with Gasteiger partial charge in [-0.15, -0.1) is 0 Å². The van der Waals surface area contributed by atoms with Gasteiger partial charge in [-0.05, 0) is 56.8 Å². The molecule has 2 unspecified atom stereocenters. The van der Waals surface area contributed by atoms with Gasteiger partial charge in [0.1, 0.15) is 5.75 Å². The highest BCUT2D eigenvalue weighted by Gasteiger charge is 2.28. The lowest BCUT2D eigenvalue weighted by molar-refractivity contribution is -0.143. The number of carbonyl (C=O) groups is 2. The molecule has 6 heteroatoms. The zero-order valence-corrected chi connectivity index (χ0v) is 17.2. The van der Waals surface area contributed by atoms with Crippen molar-refractivity contribution >= 4 is 11.8 Å². The van der Waals surface area contributed by atoms with E-state index in [1.165, 1.54) is 6.42 Å². The molecule has 0 aromatic heterocycles. The summed E-state index contributed by atoms with van der Waals surface area (Å²) >= 11 is 0. The standard InChI is InChI=1S/C22H33N3O3/c1-3-19-6-4-5-7-20(19)28-17(2)22(27)25-14-12-24(13-15-25)21(26)9-8-18-10-11-23-16-18/h4-7,17-18,23H,3,8-16H2,1-2H3. The van der Waals surface area contributed by atoms with E-state index in [-0.39, 0.29) is 11.8 Å². The van der Waals surface area contributed by atoms with Crippen LogP contribution in [0.1, 0.15) is 38.7 Å². The molecule has 2 saturated heterocycles. The Bertz CT molecular complexity index is 665. The number of aryl methyl sites for hydroxylation is 1. The van der Waals surface area contributed by atoms with Crippen molar-refractivity contribution in [2.75, 3.05) is 39.3 Å². The van der Waals surface area contributed by atoms with Crippen molar-refractivity contribution in [3.63, 3.8) is 0 Å². The molecule has 2 amide bonds. The molecule has 0 spiro atoms. The number of piperazine rings is 1. The maximum absolute atomic E-state index is 12.8. The highest BCUT2D eigenvalue weighted by atomic mass is 16.5. The Morgan fingerprint density at radius 1 is 1.18 bits per heavy atom. The number of rotatable bonds is 7. The number of benzene rings is 1. The quantitative estimate of drug-likeness (QED) is 0.778. The van der Waals surface area contributed by atoms with Crippen LogP contribution in [0.15, 0.2) is 24.3 Å². The average molecular weight is 388 g/mol. The van der Waals surface area contributed by atoms with E-state index in [1.807, 2.05) is 41.0 Å². The maximum Gasteiger partial charge on any atom is 0.263 e. The monoisotopic (exact) mass is 387 g/mol. The van der Waals surface area contributed by atoms with Crippen LogP contribution < -0.4 is 10.1 Å². The van der Waals surface area contributed by atoms with E-state index in [0.717, 1.165) is 37.2 Å². The Balaban J connectivity index is 1.44. The summed E-state index contributed by atoms with van der Waals surface area (Å²) in [5, 5.41) is 3.35. The second-order valence-electron chi connectivity index (χ2n) is 7.82. The van der Waals surface area contributed by atoms with Crippen molar-refractivity contribution in [1.82, 2.24) is 15.1 Å². The highest BCUT2D eigenvalue weighted by molar-refractivity contribution is 5.81. The first-order valence-corrected chi connectivity index (χ1v) is 10.6. The summed E-state index contributed by atoms with van der Waals surface area (Å²) in [6.45, 7) is 8.39. The summed E-state index contributed by atoms with van der Waals surface area (Å²) < 4.78 is 5.94. The summed E-state index contributed by atoms with van der Waals surface area (Å²) in [7, 11) is 0. The van der Waals surface area contributed by atoms with Crippen molar-refractivity contribution in [1.29, 1.82) is 0 Å². The SMILES string of the molecule is CCc1ccccc1OC(C)C(=O)N1CCN(C(=O)CCC2CCNC2)CC1. The molecular weight excluding hydrogens is 354 g/mol. The minimum absolute atomic E-state index is 0.00460. The second kappa shape index (κ2) is 9.92. The first kappa shape index (κ1) is 20.6. The molecule has 3 rings (SSSR count). The number of nitrogens with zero attached hydrogens (tertiary/aromatic N) is 2. The van der Waals surface area contributed by atoms with Gasteiger partial charge in [0.05, 0.1) is 0 Å². The van der Waals surface area contributed by atoms with Crippen molar-refractivity contribution in [3.05, 3.63) is 29.8 Å². The van der Waals surface area contributed by atoms with E-state index in [2.05, 4.69) is 12.2 Å². The lowest BCUT2D eigenvalue weighted by atomic mass is 10.0. The number of amides is 2. The Hall–Kier alpha value is -2.08. The lowest BCUT2D eigenvalue weighted by Gasteiger charge is -2.36. The lowest BCUT2D eigenvalue weighted by Crippen LogP contribution is -2.53. The van der Waals surface area contributed by atoms with Crippen LogP contribution in [-0.2, 0) is 16.0 Å². The molecular formula is C22H33N3O3. The molecule has 0 radical (unpaired) electrons. The van der Waals surface area contributed by atoms with Crippen LogP contribution in [0.4, 0.5) is 0 Å². The van der Waals surface area contributed by atoms with E-state index < -0.39 is 6.10 Å². The van der Waals surface area contributed by atoms with Gasteiger partial charge in [-0.25, -0.2) is 0 Å². The smallest absolute Gasteiger partial charge is 0.263 e. The summed E-state index contributed by atoms with van der Waals surface area (Å²) in [6, 6.07) is 7.85. The molecule has 2 aliphatic rings. The number of ether oxygens (including phenoxy) is 1. The van der Waals surface area contributed by atoms with Crippen LogP contribution in [0.5, 0.6) is 5.75 Å². The zero-order valence-electron chi connectivity index (χ0n) is 17.2. The molecule has 154 valence electrons. The minimum Gasteiger partial charge on any atom is -0.481 e. The topological polar surface area (TPSA) is 61.9 Å². The fourth-order valence-electron chi connectivity index (χ4n) is 4.03. The molecule has 0 aliphatic carbocycles. The van der Waals surface area contributed by atoms with Crippen molar-refractivity contribution in [3.8, 4) is 5.75 Å². The molecule has 2 atom stereocenters. The predicted octanol–water partition coefficient (Wildman–Crippen LogP) is 2.08. The van der Waals surface area contributed by atoms with Crippen molar-refractivity contribution < 1.29 is 14.3 Å². The van der Waals surface area contributed by atoms with Crippen LogP contribution >= 0.6 is 0 Å². The molecule has 1 aromatic carbocycles. The van der Waals surface area contributed by atoms with E-state index in [9.17, 15) is 9.59 Å². The van der Waals surface area contributed by atoms with Gasteiger partial charge in [-0.1, -0.05) is 25.1 Å². The summed E-state index contributed by atoms with van der Waals surface area (Å²) in [5.41, 5.74) is 1.11. The van der Waals surface area contributed by atoms with Crippen LogP contribution in [0.25, 0.3) is 0 Å². The second-order valence-corrected chi connectivity index (χ2v) is 7.82. The van der Waals surface area contributed by atoms with Gasteiger partial charge in [0.15, 0.2) is 6.10 Å². The average Bonchev–Trinajstić information content (AvgIpc) is 3.25. The molecule has 2 heterocycles. The predicted molar refractivity (Wildman–Crippen MR) is 109 cm³/mol. The van der Waals surface area contributed by atoms with Crippen LogP contribution in [0.2, 0.25) is 0 Å². The number of para-hydroxylation sites is 1. The van der Waals surface area contributed by atoms with Gasteiger partial charge in [0.25, 0.3) is 5.91 Å². The number of nitrogens with one attached hydrogen (secondary N) is 1. The number of carbonyl (C=O) groups excluding carboxylic acids is 2. The van der Waals surface area contributed by atoms with Gasteiger partial charge in [-0.2, -0.15) is 0 Å². The van der Waals surface area contributed by atoms with Gasteiger partial charge in [-0.3, -0.25) is 9.59 Å². The number of hydrogen-bond acceptors (Lipinski definition) is 4. The molecule has 0 bridgehead atoms. The van der Waals surface area contributed by atoms with Gasteiger partial charge < -0.3 is 19.9 Å². The van der Waals surface area contributed by atoms with E-state index in [0.29, 0.717) is 38.5 Å². The fraction of sp³-hybridized carbons (Fsp3) is 0.636. The van der Waals surface area contributed by atoms with Gasteiger partial charge in [0.2, 0.25) is 5.91 Å². The summed E-state index contributed by atoms with van der Waals surface area (Å²) in [6.07, 6.45) is 3.11. The molecule has 28 heavy (non-hydrogen) atoms. The van der Waals surface area contributed by atoms with Crippen molar-refractivity contribution in [2.24, 2.45) is 5.92 Å². The third-order valence-corrected chi connectivity index (χ3v) is 5.88. The fourth-order valence-corrected chi connectivity index (χ4v) is 4.03.